The van der Waals surface area contributed by atoms with Crippen molar-refractivity contribution >= 4 is 17.2 Å². The number of halogens is 3. The Hall–Kier alpha value is -1.78. The zero-order chi connectivity index (χ0) is 10.3. The molecule has 1 N–H and O–H groups in total. The molecule has 0 aliphatic carbocycles. The lowest BCUT2D eigenvalue weighted by atomic mass is 10.2. The average Bonchev–Trinajstić information content (AvgIpc) is 2.57. The molecule has 2 rings (SSSR count). The molecule has 2 nitrogen and oxygen atoms in total. The second-order valence-corrected chi connectivity index (χ2v) is 2.79. The molecule has 0 saturated carbocycles. The predicted octanol–water partition coefficient (Wildman–Crippen LogP) is 2.40. The number of fused-ring (bicyclic) bond motifs is 1. The number of nitrogens with one attached hydrogen (secondary N) is 1. The van der Waals surface area contributed by atoms with Crippen LogP contribution in [-0.4, -0.2) is 11.3 Å². The molecule has 0 aliphatic heterocycles. The van der Waals surface area contributed by atoms with E-state index in [4.69, 9.17) is 0 Å². The van der Waals surface area contributed by atoms with Crippen molar-refractivity contribution in [1.82, 2.24) is 4.98 Å². The van der Waals surface area contributed by atoms with Gasteiger partial charge in [-0.1, -0.05) is 0 Å². The lowest BCUT2D eigenvalue weighted by Gasteiger charge is -1.95. The van der Waals surface area contributed by atoms with Crippen LogP contribution in [-0.2, 0) is 0 Å². The molecule has 1 aromatic carbocycles. The maximum Gasteiger partial charge on any atom is 0.196 e. The van der Waals surface area contributed by atoms with Crippen molar-refractivity contribution in [3.63, 3.8) is 0 Å². The average molecular weight is 199 g/mol. The first-order chi connectivity index (χ1) is 6.63. The molecular weight excluding hydrogens is 195 g/mol. The molecule has 1 heterocycles. The summed E-state index contributed by atoms with van der Waals surface area (Å²) in [5.74, 6) is -4.13. The summed E-state index contributed by atoms with van der Waals surface area (Å²) in [5.41, 5.74) is -0.130. The van der Waals surface area contributed by atoms with Crippen LogP contribution in [0.15, 0.2) is 12.1 Å². The van der Waals surface area contributed by atoms with E-state index in [2.05, 4.69) is 4.98 Å². The van der Waals surface area contributed by atoms with Gasteiger partial charge in [-0.3, -0.25) is 4.79 Å². The lowest BCUT2D eigenvalue weighted by molar-refractivity contribution is 0.112. The molecule has 2 aromatic rings. The van der Waals surface area contributed by atoms with Crippen molar-refractivity contribution in [2.24, 2.45) is 0 Å². The summed E-state index contributed by atoms with van der Waals surface area (Å²) in [4.78, 5) is 12.6. The Morgan fingerprint density at radius 3 is 2.50 bits per heavy atom. The van der Waals surface area contributed by atoms with E-state index < -0.39 is 17.5 Å². The number of hydrogen-bond acceptors (Lipinski definition) is 1. The molecule has 0 aliphatic rings. The summed E-state index contributed by atoms with van der Waals surface area (Å²) in [5, 5.41) is 0.128. The van der Waals surface area contributed by atoms with Crippen molar-refractivity contribution in [2.75, 3.05) is 0 Å². The normalized spacial score (nSPS) is 10.8. The van der Waals surface area contributed by atoms with Crippen LogP contribution in [0.5, 0.6) is 0 Å². The van der Waals surface area contributed by atoms with Gasteiger partial charge in [0.2, 0.25) is 0 Å². The highest BCUT2D eigenvalue weighted by Crippen LogP contribution is 2.22. The van der Waals surface area contributed by atoms with Crippen LogP contribution in [0, 0.1) is 17.5 Å². The maximum absolute atomic E-state index is 13.0. The Kier molecular flexibility index (Phi) is 1.80. The molecule has 14 heavy (non-hydrogen) atoms. The number of hydrogen-bond donors (Lipinski definition) is 1. The van der Waals surface area contributed by atoms with E-state index in [1.54, 1.807) is 0 Å². The highest BCUT2D eigenvalue weighted by molar-refractivity contribution is 5.88. The SMILES string of the molecule is O=Cc1cc2cc(F)c(F)c(F)c2[nH]1. The summed E-state index contributed by atoms with van der Waals surface area (Å²) in [7, 11) is 0. The maximum atomic E-state index is 13.0. The van der Waals surface area contributed by atoms with Crippen molar-refractivity contribution < 1.29 is 18.0 Å². The second kappa shape index (κ2) is 2.87. The van der Waals surface area contributed by atoms with Crippen molar-refractivity contribution in [1.29, 1.82) is 0 Å². The lowest BCUT2D eigenvalue weighted by Crippen LogP contribution is -1.90. The Bertz CT molecular complexity index is 518. The molecule has 0 fully saturated rings. The quantitative estimate of drug-likeness (QED) is 0.555. The fourth-order valence-corrected chi connectivity index (χ4v) is 1.27. The summed E-state index contributed by atoms with van der Waals surface area (Å²) in [6, 6.07) is 2.07. The molecule has 5 heteroatoms. The van der Waals surface area contributed by atoms with Gasteiger partial charge >= 0.3 is 0 Å². The first-order valence-corrected chi connectivity index (χ1v) is 3.75. The molecule has 0 unspecified atom stereocenters. The van der Waals surface area contributed by atoms with Crippen LogP contribution in [0.2, 0.25) is 0 Å². The number of H-pyrrole nitrogens is 1. The van der Waals surface area contributed by atoms with Gasteiger partial charge < -0.3 is 4.98 Å². The standard InChI is InChI=1S/C9H4F3NO/c10-6-2-4-1-5(3-14)13-9(4)8(12)7(6)11/h1-3,13H. The molecule has 0 spiro atoms. The van der Waals surface area contributed by atoms with Crippen LogP contribution in [0.3, 0.4) is 0 Å². The summed E-state index contributed by atoms with van der Waals surface area (Å²) in [6.45, 7) is 0. The minimum Gasteiger partial charge on any atom is -0.350 e. The topological polar surface area (TPSA) is 32.9 Å². The minimum absolute atomic E-state index is 0.0731. The van der Waals surface area contributed by atoms with E-state index in [9.17, 15) is 18.0 Å². The monoisotopic (exact) mass is 199 g/mol. The fraction of sp³-hybridized carbons (Fsp3) is 0. The first kappa shape index (κ1) is 8.80. The molecular formula is C9H4F3NO. The number of carbonyl (C=O) groups excluding carboxylic acids is 1. The third kappa shape index (κ3) is 1.09. The number of benzene rings is 1. The summed E-state index contributed by atoms with van der Waals surface area (Å²) < 4.78 is 38.5. The zero-order valence-electron chi connectivity index (χ0n) is 6.77. The molecule has 72 valence electrons. The largest absolute Gasteiger partial charge is 0.350 e. The van der Waals surface area contributed by atoms with Crippen LogP contribution in [0.4, 0.5) is 13.2 Å². The minimum atomic E-state index is -1.54. The van der Waals surface area contributed by atoms with Crippen LogP contribution >= 0.6 is 0 Å². The highest BCUT2D eigenvalue weighted by Gasteiger charge is 2.15. The second-order valence-electron chi connectivity index (χ2n) is 2.79. The van der Waals surface area contributed by atoms with Gasteiger partial charge in [-0.15, -0.1) is 0 Å². The number of aromatic nitrogens is 1. The molecule has 1 aromatic heterocycles. The summed E-state index contributed by atoms with van der Waals surface area (Å²) in [6.07, 6.45) is 0.440. The summed E-state index contributed by atoms with van der Waals surface area (Å²) >= 11 is 0. The van der Waals surface area contributed by atoms with E-state index in [1.807, 2.05) is 0 Å². The van der Waals surface area contributed by atoms with Gasteiger partial charge in [0.15, 0.2) is 23.7 Å². The molecule has 0 saturated heterocycles. The number of aldehydes is 1. The van der Waals surface area contributed by atoms with Gasteiger partial charge in [-0.05, 0) is 12.1 Å². The van der Waals surface area contributed by atoms with Crippen molar-refractivity contribution in [3.8, 4) is 0 Å². The number of rotatable bonds is 1. The van der Waals surface area contributed by atoms with E-state index in [1.165, 1.54) is 6.07 Å². The van der Waals surface area contributed by atoms with Gasteiger partial charge in [0.25, 0.3) is 0 Å². The van der Waals surface area contributed by atoms with E-state index >= 15 is 0 Å². The Morgan fingerprint density at radius 2 is 1.86 bits per heavy atom. The smallest absolute Gasteiger partial charge is 0.196 e. The van der Waals surface area contributed by atoms with Crippen molar-refractivity contribution in [3.05, 3.63) is 35.3 Å². The Morgan fingerprint density at radius 1 is 1.14 bits per heavy atom. The van der Waals surface area contributed by atoms with E-state index in [0.717, 1.165) is 6.07 Å². The van der Waals surface area contributed by atoms with Crippen LogP contribution in [0.1, 0.15) is 10.5 Å². The highest BCUT2D eigenvalue weighted by atomic mass is 19.2. The van der Waals surface area contributed by atoms with E-state index in [-0.39, 0.29) is 16.6 Å². The van der Waals surface area contributed by atoms with E-state index in [0.29, 0.717) is 6.29 Å². The number of aromatic amines is 1. The molecule has 0 radical (unpaired) electrons. The predicted molar refractivity (Wildman–Crippen MR) is 43.6 cm³/mol. The van der Waals surface area contributed by atoms with Gasteiger partial charge in [-0.25, -0.2) is 13.2 Å². The van der Waals surface area contributed by atoms with Crippen molar-refractivity contribution in [2.45, 2.75) is 0 Å². The van der Waals surface area contributed by atoms with Gasteiger partial charge in [0, 0.05) is 5.39 Å². The Labute approximate surface area is 76.3 Å². The Balaban J connectivity index is 2.87. The third-order valence-corrected chi connectivity index (χ3v) is 1.90. The van der Waals surface area contributed by atoms with Crippen LogP contribution in [0.25, 0.3) is 10.9 Å². The molecule has 0 bridgehead atoms. The molecule has 0 amide bonds. The number of carbonyl (C=O) groups is 1. The zero-order valence-corrected chi connectivity index (χ0v) is 6.77. The fourth-order valence-electron chi connectivity index (χ4n) is 1.27. The van der Waals surface area contributed by atoms with Gasteiger partial charge in [-0.2, -0.15) is 0 Å². The van der Waals surface area contributed by atoms with Gasteiger partial charge in [0.05, 0.1) is 11.2 Å². The van der Waals surface area contributed by atoms with Gasteiger partial charge in [0.1, 0.15) is 0 Å². The first-order valence-electron chi connectivity index (χ1n) is 3.75. The third-order valence-electron chi connectivity index (χ3n) is 1.90. The van der Waals surface area contributed by atoms with Crippen LogP contribution < -0.4 is 0 Å². The molecule has 0 atom stereocenters.